The Labute approximate surface area is 153 Å². The molecule has 26 heavy (non-hydrogen) atoms. The molecule has 1 atom stereocenters. The van der Waals surface area contributed by atoms with E-state index in [1.807, 2.05) is 0 Å². The molecule has 0 saturated heterocycles. The summed E-state index contributed by atoms with van der Waals surface area (Å²) in [6.07, 6.45) is 0.603. The van der Waals surface area contributed by atoms with Gasteiger partial charge in [-0.2, -0.15) is 0 Å². The number of benzene rings is 1. The SMILES string of the molecule is COCCC(=O)CCP(C)(=O)OCCOC(=O)c1ccc(C(C)=O)cc1. The summed E-state index contributed by atoms with van der Waals surface area (Å²) in [5.41, 5.74) is 0.829. The van der Waals surface area contributed by atoms with Crippen molar-refractivity contribution in [1.82, 2.24) is 0 Å². The highest BCUT2D eigenvalue weighted by molar-refractivity contribution is 7.58. The lowest BCUT2D eigenvalue weighted by molar-refractivity contribution is -0.119. The summed E-state index contributed by atoms with van der Waals surface area (Å²) >= 11 is 0. The quantitative estimate of drug-likeness (QED) is 0.237. The zero-order valence-electron chi connectivity index (χ0n) is 15.4. The Morgan fingerprint density at radius 1 is 0.962 bits per heavy atom. The maximum atomic E-state index is 12.2. The zero-order chi connectivity index (χ0) is 19.6. The van der Waals surface area contributed by atoms with Gasteiger partial charge < -0.3 is 14.0 Å². The Kier molecular flexibility index (Phi) is 9.41. The highest BCUT2D eigenvalue weighted by Gasteiger charge is 2.18. The van der Waals surface area contributed by atoms with Gasteiger partial charge in [-0.1, -0.05) is 12.1 Å². The summed E-state index contributed by atoms with van der Waals surface area (Å²) in [6.45, 7) is 3.18. The largest absolute Gasteiger partial charge is 0.460 e. The van der Waals surface area contributed by atoms with Crippen molar-refractivity contribution in [2.45, 2.75) is 19.8 Å². The van der Waals surface area contributed by atoms with Crippen molar-refractivity contribution in [1.29, 1.82) is 0 Å². The minimum absolute atomic E-state index is 0.0166. The van der Waals surface area contributed by atoms with Gasteiger partial charge in [0.1, 0.15) is 12.4 Å². The number of rotatable bonds is 12. The van der Waals surface area contributed by atoms with Crippen molar-refractivity contribution < 1.29 is 32.9 Å². The average molecular weight is 384 g/mol. The molecule has 0 heterocycles. The number of hydrogen-bond donors (Lipinski definition) is 0. The van der Waals surface area contributed by atoms with Crippen LogP contribution in [0.3, 0.4) is 0 Å². The number of ketones is 2. The standard InChI is InChI=1S/C18H25O7P/c1-14(19)15-4-6-16(7-5-15)18(21)24-11-12-25-26(3,22)13-9-17(20)8-10-23-2/h4-7H,8-13H2,1-3H3. The third-order valence-electron chi connectivity index (χ3n) is 3.59. The van der Waals surface area contributed by atoms with E-state index in [0.717, 1.165) is 0 Å². The van der Waals surface area contributed by atoms with Gasteiger partial charge in [0.2, 0.25) is 7.37 Å². The molecule has 1 aromatic rings. The molecule has 0 aromatic heterocycles. The molecule has 8 heteroatoms. The number of hydrogen-bond acceptors (Lipinski definition) is 7. The molecule has 1 rings (SSSR count). The summed E-state index contributed by atoms with van der Waals surface area (Å²) in [4.78, 5) is 34.6. The van der Waals surface area contributed by atoms with Crippen LogP contribution in [0.2, 0.25) is 0 Å². The van der Waals surface area contributed by atoms with Crippen molar-refractivity contribution in [2.24, 2.45) is 0 Å². The van der Waals surface area contributed by atoms with Gasteiger partial charge in [0.05, 0.1) is 18.8 Å². The first-order valence-electron chi connectivity index (χ1n) is 8.25. The van der Waals surface area contributed by atoms with Crippen LogP contribution >= 0.6 is 7.37 Å². The van der Waals surface area contributed by atoms with Crippen LogP contribution in [0.1, 0.15) is 40.5 Å². The first-order chi connectivity index (χ1) is 12.2. The van der Waals surface area contributed by atoms with Gasteiger partial charge in [0.15, 0.2) is 5.78 Å². The summed E-state index contributed by atoms with van der Waals surface area (Å²) in [5.74, 6) is -0.667. The molecule has 1 unspecified atom stereocenters. The lowest BCUT2D eigenvalue weighted by Crippen LogP contribution is -2.11. The number of Topliss-reactive ketones (excluding diaryl/α,β-unsaturated/α-hetero) is 2. The van der Waals surface area contributed by atoms with E-state index in [4.69, 9.17) is 14.0 Å². The number of carbonyl (C=O) groups is 3. The first-order valence-corrected chi connectivity index (χ1v) is 10.5. The minimum atomic E-state index is -2.92. The van der Waals surface area contributed by atoms with Crippen LogP contribution < -0.4 is 0 Å². The summed E-state index contributed by atoms with van der Waals surface area (Å²) < 4.78 is 27.4. The third kappa shape index (κ3) is 8.52. The van der Waals surface area contributed by atoms with Crippen molar-refractivity contribution in [3.05, 3.63) is 35.4 Å². The van der Waals surface area contributed by atoms with E-state index < -0.39 is 13.3 Å². The Bertz CT molecular complexity index is 667. The Morgan fingerprint density at radius 2 is 1.58 bits per heavy atom. The van der Waals surface area contributed by atoms with Crippen LogP contribution in [0, 0.1) is 0 Å². The van der Waals surface area contributed by atoms with Crippen molar-refractivity contribution in [3.63, 3.8) is 0 Å². The van der Waals surface area contributed by atoms with Gasteiger partial charge in [-0.05, 0) is 19.1 Å². The minimum Gasteiger partial charge on any atom is -0.460 e. The van der Waals surface area contributed by atoms with Crippen LogP contribution in [0.5, 0.6) is 0 Å². The number of esters is 1. The zero-order valence-corrected chi connectivity index (χ0v) is 16.3. The lowest BCUT2D eigenvalue weighted by atomic mass is 10.1. The molecule has 0 aliphatic rings. The van der Waals surface area contributed by atoms with Crippen LogP contribution in [0.25, 0.3) is 0 Å². The Morgan fingerprint density at radius 3 is 2.15 bits per heavy atom. The molecule has 0 aliphatic carbocycles. The predicted octanol–water partition coefficient (Wildman–Crippen LogP) is 2.97. The van der Waals surface area contributed by atoms with E-state index in [1.54, 1.807) is 12.1 Å². The monoisotopic (exact) mass is 384 g/mol. The van der Waals surface area contributed by atoms with E-state index in [2.05, 4.69) is 0 Å². The normalized spacial score (nSPS) is 13.0. The summed E-state index contributed by atoms with van der Waals surface area (Å²) in [7, 11) is -1.40. The predicted molar refractivity (Wildman–Crippen MR) is 97.2 cm³/mol. The number of ether oxygens (including phenoxy) is 2. The lowest BCUT2D eigenvalue weighted by Gasteiger charge is -2.13. The highest BCUT2D eigenvalue weighted by Crippen LogP contribution is 2.42. The molecular formula is C18H25O7P. The second-order valence-corrected chi connectivity index (χ2v) is 8.61. The number of carbonyl (C=O) groups excluding carboxylic acids is 3. The van der Waals surface area contributed by atoms with Crippen molar-refractivity contribution in [3.8, 4) is 0 Å². The smallest absolute Gasteiger partial charge is 0.338 e. The van der Waals surface area contributed by atoms with E-state index in [0.29, 0.717) is 17.7 Å². The van der Waals surface area contributed by atoms with Gasteiger partial charge in [-0.3, -0.25) is 14.2 Å². The fraction of sp³-hybridized carbons (Fsp3) is 0.500. The molecule has 0 saturated carbocycles. The van der Waals surface area contributed by atoms with Crippen LogP contribution in [-0.4, -0.2) is 57.3 Å². The topological polar surface area (TPSA) is 96.0 Å². The molecule has 144 valence electrons. The molecule has 0 radical (unpaired) electrons. The first kappa shape index (κ1) is 22.2. The second-order valence-electron chi connectivity index (χ2n) is 5.87. The van der Waals surface area contributed by atoms with E-state index in [9.17, 15) is 18.9 Å². The fourth-order valence-corrected chi connectivity index (χ4v) is 3.27. The average Bonchev–Trinajstić information content (AvgIpc) is 2.61. The van der Waals surface area contributed by atoms with Crippen LogP contribution in [0.15, 0.2) is 24.3 Å². The highest BCUT2D eigenvalue weighted by atomic mass is 31.2. The van der Waals surface area contributed by atoms with E-state index in [1.165, 1.54) is 32.8 Å². The molecule has 0 bridgehead atoms. The third-order valence-corrected chi connectivity index (χ3v) is 5.35. The molecule has 7 nitrogen and oxygen atoms in total. The fourth-order valence-electron chi connectivity index (χ4n) is 2.02. The number of methoxy groups -OCH3 is 1. The van der Waals surface area contributed by atoms with Crippen LogP contribution in [0.4, 0.5) is 0 Å². The Hall–Kier alpha value is -1.82. The van der Waals surface area contributed by atoms with Gasteiger partial charge in [-0.15, -0.1) is 0 Å². The van der Waals surface area contributed by atoms with Crippen LogP contribution in [-0.2, 0) is 23.4 Å². The molecule has 0 amide bonds. The summed E-state index contributed by atoms with van der Waals surface area (Å²) in [6, 6.07) is 6.12. The summed E-state index contributed by atoms with van der Waals surface area (Å²) in [5, 5.41) is 0. The van der Waals surface area contributed by atoms with Gasteiger partial charge >= 0.3 is 5.97 Å². The Balaban J connectivity index is 2.31. The van der Waals surface area contributed by atoms with Gasteiger partial charge in [-0.25, -0.2) is 4.79 Å². The molecule has 0 spiro atoms. The second kappa shape index (κ2) is 11.0. The molecule has 0 fully saturated rings. The van der Waals surface area contributed by atoms with Crippen molar-refractivity contribution >= 4 is 24.9 Å². The molecule has 0 N–H and O–H groups in total. The van der Waals surface area contributed by atoms with Gasteiger partial charge in [0, 0.05) is 38.3 Å². The maximum Gasteiger partial charge on any atom is 0.338 e. The van der Waals surface area contributed by atoms with E-state index in [-0.39, 0.29) is 43.8 Å². The molecule has 0 aliphatic heterocycles. The molecule has 1 aromatic carbocycles. The van der Waals surface area contributed by atoms with Crippen molar-refractivity contribution in [2.75, 3.05) is 39.8 Å². The van der Waals surface area contributed by atoms with E-state index >= 15 is 0 Å². The maximum absolute atomic E-state index is 12.2. The molecular weight excluding hydrogens is 359 g/mol. The van der Waals surface area contributed by atoms with Gasteiger partial charge in [0.25, 0.3) is 0 Å².